The van der Waals surface area contributed by atoms with Crippen molar-refractivity contribution in [2.45, 2.75) is 13.8 Å². The molecule has 0 radical (unpaired) electrons. The molecule has 0 unspecified atom stereocenters. The second-order valence-corrected chi connectivity index (χ2v) is 3.15. The molecule has 0 saturated carbocycles. The van der Waals surface area contributed by atoms with Crippen LogP contribution in [0.3, 0.4) is 0 Å². The van der Waals surface area contributed by atoms with Crippen LogP contribution < -0.4 is 15.2 Å². The highest BCUT2D eigenvalue weighted by Crippen LogP contribution is 2.28. The van der Waals surface area contributed by atoms with Crippen LogP contribution in [0.25, 0.3) is 0 Å². The van der Waals surface area contributed by atoms with Gasteiger partial charge in [0.15, 0.2) is 17.3 Å². The minimum Gasteiger partial charge on any atom is -0.490 e. The van der Waals surface area contributed by atoms with E-state index in [1.165, 1.54) is 0 Å². The highest BCUT2D eigenvalue weighted by atomic mass is 35.5. The van der Waals surface area contributed by atoms with E-state index in [0.29, 0.717) is 30.3 Å². The average Bonchev–Trinajstić information content (AvgIpc) is 2.31. The van der Waals surface area contributed by atoms with Crippen molar-refractivity contribution in [3.8, 4) is 11.5 Å². The summed E-state index contributed by atoms with van der Waals surface area (Å²) in [4.78, 5) is 11.4. The summed E-state index contributed by atoms with van der Waals surface area (Å²) in [6.45, 7) is 4.87. The van der Waals surface area contributed by atoms with E-state index in [9.17, 15) is 4.79 Å². The molecule has 0 aromatic heterocycles. The third-order valence-corrected chi connectivity index (χ3v) is 2.05. The predicted molar refractivity (Wildman–Crippen MR) is 69.4 cm³/mol. The Morgan fingerprint density at radius 2 is 1.76 bits per heavy atom. The second-order valence-electron chi connectivity index (χ2n) is 3.15. The number of Topliss-reactive ketones (excluding diaryl/α,β-unsaturated/α-hetero) is 1. The topological polar surface area (TPSA) is 61.5 Å². The van der Waals surface area contributed by atoms with Gasteiger partial charge in [0.05, 0.1) is 19.8 Å². The molecule has 0 aliphatic heterocycles. The van der Waals surface area contributed by atoms with Gasteiger partial charge in [-0.1, -0.05) is 0 Å². The smallest absolute Gasteiger partial charge is 0.176 e. The lowest BCUT2D eigenvalue weighted by molar-refractivity contribution is 0.100. The molecule has 1 aromatic carbocycles. The zero-order valence-electron chi connectivity index (χ0n) is 10.1. The van der Waals surface area contributed by atoms with E-state index in [2.05, 4.69) is 0 Å². The van der Waals surface area contributed by atoms with Crippen LogP contribution in [0.4, 0.5) is 0 Å². The first-order chi connectivity index (χ1) is 7.72. The van der Waals surface area contributed by atoms with Crippen molar-refractivity contribution in [1.29, 1.82) is 0 Å². The van der Waals surface area contributed by atoms with Gasteiger partial charge in [-0.05, 0) is 32.0 Å². The molecule has 0 spiro atoms. The number of carbonyl (C=O) groups excluding carboxylic acids is 1. The predicted octanol–water partition coefficient (Wildman–Crippen LogP) is 2.05. The van der Waals surface area contributed by atoms with Gasteiger partial charge in [0.25, 0.3) is 0 Å². The first-order valence-electron chi connectivity index (χ1n) is 5.35. The summed E-state index contributed by atoms with van der Waals surface area (Å²) in [5, 5.41) is 0. The monoisotopic (exact) mass is 259 g/mol. The molecule has 0 fully saturated rings. The fourth-order valence-electron chi connectivity index (χ4n) is 1.34. The fourth-order valence-corrected chi connectivity index (χ4v) is 1.34. The highest BCUT2D eigenvalue weighted by Gasteiger charge is 2.09. The summed E-state index contributed by atoms with van der Waals surface area (Å²) in [6.07, 6.45) is 0. The molecule has 5 heteroatoms. The Bertz CT molecular complexity index is 369. The Hall–Kier alpha value is -1.26. The number of rotatable bonds is 6. The summed E-state index contributed by atoms with van der Waals surface area (Å²) in [5.41, 5.74) is 5.85. The number of ether oxygens (including phenoxy) is 2. The lowest BCUT2D eigenvalue weighted by atomic mass is 10.1. The molecule has 0 aliphatic rings. The molecular formula is C12H18ClNO3. The number of hydrogen-bond donors (Lipinski definition) is 1. The summed E-state index contributed by atoms with van der Waals surface area (Å²) >= 11 is 0. The summed E-state index contributed by atoms with van der Waals surface area (Å²) < 4.78 is 10.8. The van der Waals surface area contributed by atoms with Gasteiger partial charge in [0.2, 0.25) is 0 Å². The largest absolute Gasteiger partial charge is 0.490 e. The van der Waals surface area contributed by atoms with Crippen LogP contribution in [0.5, 0.6) is 11.5 Å². The average molecular weight is 260 g/mol. The number of ketones is 1. The minimum absolute atomic E-state index is 0. The van der Waals surface area contributed by atoms with E-state index < -0.39 is 0 Å². The standard InChI is InChI=1S/C12H17NO3.ClH/c1-3-15-11-6-5-9(10(14)8-13)7-12(11)16-4-2;/h5-7H,3-4,8,13H2,1-2H3;1H. The Morgan fingerprint density at radius 3 is 2.29 bits per heavy atom. The van der Waals surface area contributed by atoms with Crippen molar-refractivity contribution in [3.05, 3.63) is 23.8 Å². The number of carbonyl (C=O) groups is 1. The Balaban J connectivity index is 0.00000256. The molecule has 0 bridgehead atoms. The first kappa shape index (κ1) is 15.7. The number of halogens is 1. The van der Waals surface area contributed by atoms with Crippen molar-refractivity contribution in [1.82, 2.24) is 0 Å². The maximum absolute atomic E-state index is 11.4. The van der Waals surface area contributed by atoms with Gasteiger partial charge in [0.1, 0.15) is 0 Å². The molecular weight excluding hydrogens is 242 g/mol. The van der Waals surface area contributed by atoms with Crippen LogP contribution in [0.1, 0.15) is 24.2 Å². The third kappa shape index (κ3) is 4.24. The number of nitrogens with two attached hydrogens (primary N) is 1. The molecule has 0 heterocycles. The maximum Gasteiger partial charge on any atom is 0.176 e. The zero-order chi connectivity index (χ0) is 12.0. The molecule has 1 aromatic rings. The molecule has 0 aliphatic carbocycles. The zero-order valence-corrected chi connectivity index (χ0v) is 10.9. The van der Waals surface area contributed by atoms with E-state index in [1.54, 1.807) is 18.2 Å². The highest BCUT2D eigenvalue weighted by molar-refractivity contribution is 5.98. The van der Waals surface area contributed by atoms with Gasteiger partial charge < -0.3 is 15.2 Å². The van der Waals surface area contributed by atoms with Crippen molar-refractivity contribution >= 4 is 18.2 Å². The second kappa shape index (κ2) is 7.92. The molecule has 96 valence electrons. The summed E-state index contributed by atoms with van der Waals surface area (Å²) in [7, 11) is 0. The van der Waals surface area contributed by atoms with E-state index in [1.807, 2.05) is 13.8 Å². The lowest BCUT2D eigenvalue weighted by Gasteiger charge is -2.11. The van der Waals surface area contributed by atoms with E-state index in [4.69, 9.17) is 15.2 Å². The van der Waals surface area contributed by atoms with E-state index in [-0.39, 0.29) is 24.7 Å². The van der Waals surface area contributed by atoms with Crippen LogP contribution in [-0.2, 0) is 0 Å². The Labute approximate surface area is 108 Å². The third-order valence-electron chi connectivity index (χ3n) is 2.05. The van der Waals surface area contributed by atoms with Crippen LogP contribution in [0, 0.1) is 0 Å². The molecule has 17 heavy (non-hydrogen) atoms. The van der Waals surface area contributed by atoms with Crippen molar-refractivity contribution in [2.24, 2.45) is 5.73 Å². The maximum atomic E-state index is 11.4. The normalized spacial score (nSPS) is 9.35. The SMILES string of the molecule is CCOc1ccc(C(=O)CN)cc1OCC.Cl. The van der Waals surface area contributed by atoms with Gasteiger partial charge >= 0.3 is 0 Å². The van der Waals surface area contributed by atoms with Crippen LogP contribution in [-0.4, -0.2) is 25.5 Å². The fraction of sp³-hybridized carbons (Fsp3) is 0.417. The Morgan fingerprint density at radius 1 is 1.18 bits per heavy atom. The van der Waals surface area contributed by atoms with Crippen molar-refractivity contribution < 1.29 is 14.3 Å². The van der Waals surface area contributed by atoms with E-state index in [0.717, 1.165) is 0 Å². The van der Waals surface area contributed by atoms with Gasteiger partial charge in [-0.25, -0.2) is 0 Å². The van der Waals surface area contributed by atoms with Crippen molar-refractivity contribution in [2.75, 3.05) is 19.8 Å². The quantitative estimate of drug-likeness (QED) is 0.795. The summed E-state index contributed by atoms with van der Waals surface area (Å²) in [5.74, 6) is 1.13. The number of hydrogen-bond acceptors (Lipinski definition) is 4. The van der Waals surface area contributed by atoms with Crippen LogP contribution >= 0.6 is 12.4 Å². The van der Waals surface area contributed by atoms with Gasteiger partial charge in [-0.3, -0.25) is 4.79 Å². The van der Waals surface area contributed by atoms with Crippen LogP contribution in [0.15, 0.2) is 18.2 Å². The molecule has 0 amide bonds. The van der Waals surface area contributed by atoms with E-state index >= 15 is 0 Å². The summed E-state index contributed by atoms with van der Waals surface area (Å²) in [6, 6.07) is 5.10. The van der Waals surface area contributed by atoms with Crippen LogP contribution in [0.2, 0.25) is 0 Å². The van der Waals surface area contributed by atoms with Gasteiger partial charge in [-0.2, -0.15) is 0 Å². The van der Waals surface area contributed by atoms with Gasteiger partial charge in [-0.15, -0.1) is 12.4 Å². The Kier molecular flexibility index (Phi) is 7.34. The lowest BCUT2D eigenvalue weighted by Crippen LogP contribution is -2.13. The molecule has 1 rings (SSSR count). The minimum atomic E-state index is -0.107. The molecule has 0 saturated heterocycles. The van der Waals surface area contributed by atoms with Gasteiger partial charge in [0, 0.05) is 5.56 Å². The molecule has 2 N–H and O–H groups in total. The molecule has 0 atom stereocenters. The number of benzene rings is 1. The first-order valence-corrected chi connectivity index (χ1v) is 5.35. The van der Waals surface area contributed by atoms with Crippen molar-refractivity contribution in [3.63, 3.8) is 0 Å². The molecule has 4 nitrogen and oxygen atoms in total.